The van der Waals surface area contributed by atoms with E-state index in [0.29, 0.717) is 0 Å². The van der Waals surface area contributed by atoms with Gasteiger partial charge in [0.1, 0.15) is 0 Å². The third-order valence-corrected chi connectivity index (χ3v) is 0.175. The maximum atomic E-state index is 9.15. The molecule has 7 heavy (non-hydrogen) atoms. The van der Waals surface area contributed by atoms with Crippen LogP contribution in [0.4, 0.5) is 4.79 Å². The van der Waals surface area contributed by atoms with Crippen molar-refractivity contribution in [1.82, 2.24) is 0 Å². The van der Waals surface area contributed by atoms with E-state index < -0.39 is 6.16 Å². The van der Waals surface area contributed by atoms with Gasteiger partial charge in [0, 0.05) is 0 Å². The smallest absolute Gasteiger partial charge is 1.00 e. The van der Waals surface area contributed by atoms with Crippen LogP contribution in [0.5, 0.6) is 0 Å². The summed E-state index contributed by atoms with van der Waals surface area (Å²) in [6, 6.07) is 0. The first-order valence-electron chi connectivity index (χ1n) is 1.04. The first-order valence-corrected chi connectivity index (χ1v) is 1.04. The van der Waals surface area contributed by atoms with Crippen molar-refractivity contribution in [1.29, 1.82) is 0 Å². The van der Waals surface area contributed by atoms with Crippen LogP contribution in [0.25, 0.3) is 0 Å². The van der Waals surface area contributed by atoms with E-state index in [1.807, 2.05) is 0 Å². The van der Waals surface area contributed by atoms with Crippen LogP contribution in [-0.4, -0.2) is 23.8 Å². The van der Waals surface area contributed by atoms with E-state index in [-0.39, 0.29) is 36.5 Å². The van der Waals surface area contributed by atoms with Crippen molar-refractivity contribution in [3.05, 3.63) is 0 Å². The van der Waals surface area contributed by atoms with Crippen molar-refractivity contribution in [3.8, 4) is 0 Å². The zero-order valence-corrected chi connectivity index (χ0v) is 6.26. The minimum absolute atomic E-state index is 0. The summed E-state index contributed by atoms with van der Waals surface area (Å²) in [7, 11) is 1.10. The van der Waals surface area contributed by atoms with Crippen LogP contribution in [-0.2, 0) is 4.74 Å². The molecule has 0 unspecified atom stereocenters. The Balaban J connectivity index is -0.0000000267. The molecule has 0 aromatic carbocycles. The fourth-order valence-corrected chi connectivity index (χ4v) is 0. The van der Waals surface area contributed by atoms with Crippen molar-refractivity contribution in [3.63, 3.8) is 0 Å². The molecule has 0 atom stereocenters. The molecule has 0 aliphatic rings. The number of hydrogen-bond acceptors (Lipinski definition) is 2. The van der Waals surface area contributed by atoms with Crippen LogP contribution in [0.2, 0.25) is 0 Å². The average molecular weight is 118 g/mol. The van der Waals surface area contributed by atoms with Gasteiger partial charge in [-0.1, -0.05) is 0 Å². The van der Waals surface area contributed by atoms with Crippen LogP contribution in [0, 0.1) is 0 Å². The molecule has 0 spiro atoms. The maximum absolute atomic E-state index is 9.15. The summed E-state index contributed by atoms with van der Waals surface area (Å²) >= 11 is 0. The minimum Gasteiger partial charge on any atom is -1.00 e. The van der Waals surface area contributed by atoms with E-state index in [1.165, 1.54) is 0 Å². The molecule has 0 fully saturated rings. The molecule has 0 bridgehead atoms. The Bertz CT molecular complexity index is 49.3. The number of methoxy groups -OCH3 is 1. The van der Waals surface area contributed by atoms with Gasteiger partial charge in [-0.15, -0.1) is 0 Å². The number of hydrogen-bond donors (Lipinski definition) is 1. The van der Waals surface area contributed by atoms with Gasteiger partial charge in [-0.3, -0.25) is 0 Å². The summed E-state index contributed by atoms with van der Waals surface area (Å²) in [5.74, 6) is 0. The Hall–Kier alpha value is 0.230. The Morgan fingerprint density at radius 2 is 2.00 bits per heavy atom. The summed E-state index contributed by atoms with van der Waals surface area (Å²) in [5.41, 5.74) is 0. The minimum atomic E-state index is -1.25. The van der Waals surface area contributed by atoms with E-state index in [9.17, 15) is 0 Å². The average Bonchev–Trinajstić information content (AvgIpc) is 1.38. The van der Waals surface area contributed by atoms with Crippen LogP contribution in [0.15, 0.2) is 0 Å². The maximum Gasteiger partial charge on any atom is 1.00 e. The van der Waals surface area contributed by atoms with Crippen LogP contribution in [0.3, 0.4) is 0 Å². The van der Waals surface area contributed by atoms with Crippen molar-refractivity contribution < 1.29 is 51.1 Å². The topological polar surface area (TPSA) is 78.0 Å². The van der Waals surface area contributed by atoms with Crippen molar-refractivity contribution in [2.75, 3.05) is 7.11 Å². The summed E-state index contributed by atoms with van der Waals surface area (Å²) in [6.07, 6.45) is -1.25. The number of rotatable bonds is 0. The van der Waals surface area contributed by atoms with E-state index in [2.05, 4.69) is 4.74 Å². The molecule has 0 heterocycles. The fraction of sp³-hybridized carbons (Fsp3) is 0.500. The molecule has 0 aliphatic heterocycles. The van der Waals surface area contributed by atoms with Gasteiger partial charge in [-0.2, -0.15) is 0 Å². The normalized spacial score (nSPS) is 4.71. The van der Waals surface area contributed by atoms with Gasteiger partial charge in [0.05, 0.1) is 7.11 Å². The van der Waals surface area contributed by atoms with E-state index >= 15 is 0 Å². The molecular formula is C2H7NaO4. The van der Waals surface area contributed by atoms with Crippen LogP contribution >= 0.6 is 0 Å². The molecule has 0 rings (SSSR count). The summed E-state index contributed by atoms with van der Waals surface area (Å²) in [6.45, 7) is 0. The van der Waals surface area contributed by atoms with E-state index in [1.54, 1.807) is 0 Å². The summed E-state index contributed by atoms with van der Waals surface area (Å²) < 4.78 is 3.67. The first-order chi connectivity index (χ1) is 2.27. The molecule has 0 aliphatic carbocycles. The number of carbonyl (C=O) groups is 1. The molecule has 40 valence electrons. The molecule has 4 nitrogen and oxygen atoms in total. The molecule has 0 aromatic rings. The van der Waals surface area contributed by atoms with Crippen molar-refractivity contribution >= 4 is 6.16 Å². The first kappa shape index (κ1) is 15.7. The predicted molar refractivity (Wildman–Crippen MR) is 19.8 cm³/mol. The van der Waals surface area contributed by atoms with Crippen LogP contribution < -0.4 is 29.6 Å². The molecule has 0 saturated carbocycles. The second-order valence-corrected chi connectivity index (χ2v) is 0.470. The monoisotopic (exact) mass is 118 g/mol. The standard InChI is InChI=1S/C2H4O3.Na.H2O.H/c1-5-2(3)4;;;/h1H3,(H,3,4);;1H2;/q;+1;;-1. The predicted octanol–water partition coefficient (Wildman–Crippen LogP) is -3.40. The molecule has 3 N–H and O–H groups in total. The summed E-state index contributed by atoms with van der Waals surface area (Å²) in [4.78, 5) is 9.15. The van der Waals surface area contributed by atoms with Gasteiger partial charge in [0.25, 0.3) is 0 Å². The Kier molecular flexibility index (Phi) is 21.3. The second kappa shape index (κ2) is 9.52. The Morgan fingerprint density at radius 1 is 1.86 bits per heavy atom. The Labute approximate surface area is 64.6 Å². The molecular weight excluding hydrogens is 111 g/mol. The van der Waals surface area contributed by atoms with Gasteiger partial charge in [0.2, 0.25) is 0 Å². The molecule has 5 heteroatoms. The molecule has 0 amide bonds. The molecule has 0 radical (unpaired) electrons. The van der Waals surface area contributed by atoms with Crippen molar-refractivity contribution in [2.45, 2.75) is 0 Å². The molecule has 0 aromatic heterocycles. The van der Waals surface area contributed by atoms with E-state index in [0.717, 1.165) is 7.11 Å². The SMILES string of the molecule is COC(=O)O.O.[H-].[Na+]. The third kappa shape index (κ3) is 22.4. The fourth-order valence-electron chi connectivity index (χ4n) is 0. The Morgan fingerprint density at radius 3 is 2.00 bits per heavy atom. The second-order valence-electron chi connectivity index (χ2n) is 0.470. The van der Waals surface area contributed by atoms with Crippen LogP contribution in [0.1, 0.15) is 1.43 Å². The van der Waals surface area contributed by atoms with Crippen molar-refractivity contribution in [2.24, 2.45) is 0 Å². The quantitative estimate of drug-likeness (QED) is 0.266. The molecule has 0 saturated heterocycles. The van der Waals surface area contributed by atoms with Gasteiger partial charge in [0.15, 0.2) is 0 Å². The zero-order chi connectivity index (χ0) is 4.28. The van der Waals surface area contributed by atoms with Gasteiger partial charge >= 0.3 is 35.7 Å². The largest absolute Gasteiger partial charge is 1.00 e. The summed E-state index contributed by atoms with van der Waals surface area (Å²) in [5, 5.41) is 7.50. The number of carboxylic acid groups (broad SMARTS) is 1. The third-order valence-electron chi connectivity index (χ3n) is 0.175. The zero-order valence-electron chi connectivity index (χ0n) is 5.26. The van der Waals surface area contributed by atoms with E-state index in [4.69, 9.17) is 9.90 Å². The van der Waals surface area contributed by atoms with Gasteiger partial charge in [-0.25, -0.2) is 4.79 Å². The van der Waals surface area contributed by atoms with Gasteiger partial charge in [-0.05, 0) is 0 Å². The number of ether oxygens (including phenoxy) is 1. The van der Waals surface area contributed by atoms with Gasteiger partial charge < -0.3 is 16.7 Å².